The van der Waals surface area contributed by atoms with E-state index >= 15 is 0 Å². The lowest BCUT2D eigenvalue weighted by Crippen LogP contribution is -2.48. The average molecular weight is 313 g/mol. The highest BCUT2D eigenvalue weighted by atomic mass is 35.5. The molecule has 1 fully saturated rings. The first-order valence-electron chi connectivity index (χ1n) is 7.38. The van der Waals surface area contributed by atoms with Crippen molar-refractivity contribution < 1.29 is 9.53 Å². The lowest BCUT2D eigenvalue weighted by Gasteiger charge is -2.31. The molecule has 1 aromatic rings. The molecule has 2 N–H and O–H groups in total. The van der Waals surface area contributed by atoms with E-state index in [0.29, 0.717) is 5.92 Å². The van der Waals surface area contributed by atoms with Gasteiger partial charge >= 0.3 is 0 Å². The van der Waals surface area contributed by atoms with E-state index in [-0.39, 0.29) is 30.3 Å². The van der Waals surface area contributed by atoms with Gasteiger partial charge in [-0.05, 0) is 56.6 Å². The van der Waals surface area contributed by atoms with E-state index in [1.807, 2.05) is 38.1 Å². The Kier molecular flexibility index (Phi) is 6.99. The fraction of sp³-hybridized carbons (Fsp3) is 0.562. The number of ether oxygens (including phenoxy) is 1. The Balaban J connectivity index is 0.00000220. The number of hydrogen-bond donors (Lipinski definition) is 2. The van der Waals surface area contributed by atoms with E-state index in [9.17, 15) is 4.79 Å². The SMILES string of the molecule is CCC(C)Oc1ccc(NC(=O)C(C)C2CNC2)cc1.Cl. The zero-order valence-electron chi connectivity index (χ0n) is 12.9. The molecule has 1 amide bonds. The summed E-state index contributed by atoms with van der Waals surface area (Å²) < 4.78 is 5.71. The molecule has 1 aliphatic heterocycles. The highest BCUT2D eigenvalue weighted by Crippen LogP contribution is 2.21. The summed E-state index contributed by atoms with van der Waals surface area (Å²) in [7, 11) is 0. The second-order valence-electron chi connectivity index (χ2n) is 5.56. The van der Waals surface area contributed by atoms with Crippen molar-refractivity contribution in [2.45, 2.75) is 33.3 Å². The molecular formula is C16H25ClN2O2. The Labute approximate surface area is 133 Å². The van der Waals surface area contributed by atoms with Crippen LogP contribution in [0.15, 0.2) is 24.3 Å². The first-order valence-corrected chi connectivity index (χ1v) is 7.38. The van der Waals surface area contributed by atoms with Crippen LogP contribution in [0.2, 0.25) is 0 Å². The molecule has 2 rings (SSSR count). The molecule has 1 aromatic carbocycles. The largest absolute Gasteiger partial charge is 0.491 e. The van der Waals surface area contributed by atoms with Crippen molar-refractivity contribution in [3.05, 3.63) is 24.3 Å². The summed E-state index contributed by atoms with van der Waals surface area (Å²) in [5.41, 5.74) is 0.825. The molecule has 118 valence electrons. The standard InChI is InChI=1S/C16H24N2O2.ClH/c1-4-11(2)20-15-7-5-14(6-8-15)18-16(19)12(3)13-9-17-10-13;/h5-8,11-13,17H,4,9-10H2,1-3H3,(H,18,19);1H. The highest BCUT2D eigenvalue weighted by Gasteiger charge is 2.28. The number of carbonyl (C=O) groups excluding carboxylic acids is 1. The van der Waals surface area contributed by atoms with Gasteiger partial charge in [0, 0.05) is 11.6 Å². The number of carbonyl (C=O) groups is 1. The van der Waals surface area contributed by atoms with Gasteiger partial charge in [-0.1, -0.05) is 13.8 Å². The predicted molar refractivity (Wildman–Crippen MR) is 88.2 cm³/mol. The topological polar surface area (TPSA) is 50.4 Å². The number of nitrogens with one attached hydrogen (secondary N) is 2. The predicted octanol–water partition coefficient (Wildman–Crippen LogP) is 3.08. The fourth-order valence-corrected chi connectivity index (χ4v) is 2.07. The van der Waals surface area contributed by atoms with Crippen LogP contribution in [0, 0.1) is 11.8 Å². The molecule has 0 saturated carbocycles. The zero-order valence-corrected chi connectivity index (χ0v) is 13.7. The third-order valence-corrected chi connectivity index (χ3v) is 3.97. The van der Waals surface area contributed by atoms with Crippen molar-refractivity contribution in [2.75, 3.05) is 18.4 Å². The van der Waals surface area contributed by atoms with Gasteiger partial charge < -0.3 is 15.4 Å². The van der Waals surface area contributed by atoms with E-state index in [2.05, 4.69) is 17.6 Å². The van der Waals surface area contributed by atoms with Gasteiger partial charge in [0.05, 0.1) is 6.10 Å². The van der Waals surface area contributed by atoms with E-state index in [1.165, 1.54) is 0 Å². The maximum atomic E-state index is 12.1. The Morgan fingerprint density at radius 3 is 2.43 bits per heavy atom. The maximum absolute atomic E-state index is 12.1. The van der Waals surface area contributed by atoms with E-state index < -0.39 is 0 Å². The summed E-state index contributed by atoms with van der Waals surface area (Å²) in [4.78, 5) is 12.1. The normalized spacial score (nSPS) is 17.1. The van der Waals surface area contributed by atoms with Crippen LogP contribution in [0.1, 0.15) is 27.2 Å². The molecule has 2 unspecified atom stereocenters. The molecule has 1 saturated heterocycles. The van der Waals surface area contributed by atoms with Gasteiger partial charge in [0.2, 0.25) is 5.91 Å². The van der Waals surface area contributed by atoms with Crippen LogP contribution in [-0.2, 0) is 4.79 Å². The summed E-state index contributed by atoms with van der Waals surface area (Å²) in [5, 5.41) is 6.16. The molecule has 0 aromatic heterocycles. The van der Waals surface area contributed by atoms with Crippen LogP contribution < -0.4 is 15.4 Å². The van der Waals surface area contributed by atoms with E-state index in [0.717, 1.165) is 30.9 Å². The molecule has 0 spiro atoms. The molecule has 0 aliphatic carbocycles. The highest BCUT2D eigenvalue weighted by molar-refractivity contribution is 5.92. The summed E-state index contributed by atoms with van der Waals surface area (Å²) >= 11 is 0. The number of hydrogen-bond acceptors (Lipinski definition) is 3. The molecule has 0 radical (unpaired) electrons. The monoisotopic (exact) mass is 312 g/mol. The summed E-state index contributed by atoms with van der Waals surface area (Å²) in [5.74, 6) is 1.44. The minimum Gasteiger partial charge on any atom is -0.491 e. The van der Waals surface area contributed by atoms with Crippen molar-refractivity contribution in [2.24, 2.45) is 11.8 Å². The van der Waals surface area contributed by atoms with Gasteiger partial charge in [-0.3, -0.25) is 4.79 Å². The average Bonchev–Trinajstić information content (AvgIpc) is 2.38. The molecule has 1 heterocycles. The lowest BCUT2D eigenvalue weighted by atomic mass is 9.88. The van der Waals surface area contributed by atoms with Gasteiger partial charge in [0.1, 0.15) is 5.75 Å². The molecule has 0 bridgehead atoms. The van der Waals surface area contributed by atoms with Gasteiger partial charge in [-0.25, -0.2) is 0 Å². The summed E-state index contributed by atoms with van der Waals surface area (Å²) in [6.45, 7) is 8.01. The van der Waals surface area contributed by atoms with Crippen molar-refractivity contribution in [3.63, 3.8) is 0 Å². The van der Waals surface area contributed by atoms with Crippen molar-refractivity contribution in [3.8, 4) is 5.75 Å². The number of anilines is 1. The molecular weight excluding hydrogens is 288 g/mol. The molecule has 5 heteroatoms. The van der Waals surface area contributed by atoms with E-state index in [4.69, 9.17) is 4.74 Å². The van der Waals surface area contributed by atoms with Gasteiger partial charge in [0.25, 0.3) is 0 Å². The summed E-state index contributed by atoms with van der Waals surface area (Å²) in [6.07, 6.45) is 1.19. The second-order valence-corrected chi connectivity index (χ2v) is 5.56. The van der Waals surface area contributed by atoms with Crippen LogP contribution in [0.5, 0.6) is 5.75 Å². The van der Waals surface area contributed by atoms with Gasteiger partial charge in [0.15, 0.2) is 0 Å². The summed E-state index contributed by atoms with van der Waals surface area (Å²) in [6, 6.07) is 7.58. The van der Waals surface area contributed by atoms with Gasteiger partial charge in [-0.2, -0.15) is 0 Å². The third-order valence-electron chi connectivity index (χ3n) is 3.97. The van der Waals surface area contributed by atoms with Crippen LogP contribution in [0.3, 0.4) is 0 Å². The lowest BCUT2D eigenvalue weighted by molar-refractivity contribution is -0.121. The Hall–Kier alpha value is -1.26. The first kappa shape index (κ1) is 17.8. The number of rotatable bonds is 6. The van der Waals surface area contributed by atoms with Crippen LogP contribution in [0.4, 0.5) is 5.69 Å². The number of benzene rings is 1. The van der Waals surface area contributed by atoms with Crippen molar-refractivity contribution >= 4 is 24.0 Å². The molecule has 2 atom stereocenters. The van der Waals surface area contributed by atoms with Crippen LogP contribution in [-0.4, -0.2) is 25.1 Å². The molecule has 1 aliphatic rings. The minimum atomic E-state index is 0. The van der Waals surface area contributed by atoms with Crippen LogP contribution >= 0.6 is 12.4 Å². The second kappa shape index (κ2) is 8.25. The number of amides is 1. The Morgan fingerprint density at radius 2 is 1.95 bits per heavy atom. The van der Waals surface area contributed by atoms with E-state index in [1.54, 1.807) is 0 Å². The van der Waals surface area contributed by atoms with Crippen molar-refractivity contribution in [1.82, 2.24) is 5.32 Å². The Morgan fingerprint density at radius 1 is 1.33 bits per heavy atom. The number of halogens is 1. The van der Waals surface area contributed by atoms with Crippen molar-refractivity contribution in [1.29, 1.82) is 0 Å². The minimum absolute atomic E-state index is 0. The third kappa shape index (κ3) is 4.90. The zero-order chi connectivity index (χ0) is 14.5. The van der Waals surface area contributed by atoms with Gasteiger partial charge in [-0.15, -0.1) is 12.4 Å². The Bertz CT molecular complexity index is 446. The smallest absolute Gasteiger partial charge is 0.227 e. The molecule has 4 nitrogen and oxygen atoms in total. The van der Waals surface area contributed by atoms with Crippen LogP contribution in [0.25, 0.3) is 0 Å². The quantitative estimate of drug-likeness (QED) is 0.848. The molecule has 21 heavy (non-hydrogen) atoms. The maximum Gasteiger partial charge on any atom is 0.227 e. The fourth-order valence-electron chi connectivity index (χ4n) is 2.07. The first-order chi connectivity index (χ1) is 9.60.